The summed E-state index contributed by atoms with van der Waals surface area (Å²) in [6.07, 6.45) is 0. The number of carboxylic acid groups (broad SMARTS) is 1. The summed E-state index contributed by atoms with van der Waals surface area (Å²) in [4.78, 5) is 22.5. The third-order valence-corrected chi connectivity index (χ3v) is 2.43. The maximum absolute atomic E-state index is 11.8. The van der Waals surface area contributed by atoms with E-state index < -0.39 is 5.97 Å². The normalized spacial score (nSPS) is 9.78. The van der Waals surface area contributed by atoms with Crippen molar-refractivity contribution in [1.29, 1.82) is 0 Å². The first-order valence-corrected chi connectivity index (χ1v) is 5.36. The van der Waals surface area contributed by atoms with Crippen LogP contribution in [0, 0.1) is 0 Å². The molecule has 0 unspecified atom stereocenters. The second-order valence-electron chi connectivity index (χ2n) is 3.70. The zero-order valence-electron chi connectivity index (χ0n) is 9.46. The summed E-state index contributed by atoms with van der Waals surface area (Å²) in [5.41, 5.74) is 1.31. The first kappa shape index (κ1) is 11.9. The minimum Gasteiger partial charge on any atom is -0.478 e. The van der Waals surface area contributed by atoms with Crippen LogP contribution in [-0.4, -0.2) is 17.0 Å². The Balaban J connectivity index is 2.10. The van der Waals surface area contributed by atoms with Gasteiger partial charge in [-0.3, -0.25) is 4.79 Å². The number of nitrogens with one attached hydrogen (secondary N) is 1. The third kappa shape index (κ3) is 2.74. The Labute approximate surface area is 104 Å². The van der Waals surface area contributed by atoms with Gasteiger partial charge in [-0.1, -0.05) is 18.2 Å². The van der Waals surface area contributed by atoms with Gasteiger partial charge in [0.2, 0.25) is 0 Å². The fraction of sp³-hybridized carbons (Fsp3) is 0. The molecular formula is C14H11NO3. The summed E-state index contributed by atoms with van der Waals surface area (Å²) in [5, 5.41) is 11.4. The first-order valence-electron chi connectivity index (χ1n) is 5.36. The van der Waals surface area contributed by atoms with Crippen molar-refractivity contribution >= 4 is 17.6 Å². The molecule has 2 rings (SSSR count). The lowest BCUT2D eigenvalue weighted by atomic mass is 10.2. The van der Waals surface area contributed by atoms with E-state index in [1.54, 1.807) is 36.4 Å². The molecule has 0 saturated heterocycles. The molecule has 0 aliphatic rings. The van der Waals surface area contributed by atoms with Crippen molar-refractivity contribution in [1.82, 2.24) is 0 Å². The van der Waals surface area contributed by atoms with E-state index in [1.807, 2.05) is 6.07 Å². The molecule has 0 aromatic heterocycles. The van der Waals surface area contributed by atoms with Crippen molar-refractivity contribution in [3.63, 3.8) is 0 Å². The van der Waals surface area contributed by atoms with Gasteiger partial charge in [0.1, 0.15) is 0 Å². The predicted molar refractivity (Wildman–Crippen MR) is 67.8 cm³/mol. The van der Waals surface area contributed by atoms with Gasteiger partial charge in [-0.2, -0.15) is 0 Å². The molecule has 4 heteroatoms. The van der Waals surface area contributed by atoms with Crippen molar-refractivity contribution < 1.29 is 14.7 Å². The lowest BCUT2D eigenvalue weighted by molar-refractivity contribution is 0.0696. The van der Waals surface area contributed by atoms with Crippen LogP contribution in [0.3, 0.4) is 0 Å². The van der Waals surface area contributed by atoms with Gasteiger partial charge in [0.15, 0.2) is 0 Å². The number of carbonyl (C=O) groups excluding carboxylic acids is 1. The molecule has 90 valence electrons. The molecule has 0 spiro atoms. The molecule has 0 aliphatic heterocycles. The zero-order valence-corrected chi connectivity index (χ0v) is 9.46. The van der Waals surface area contributed by atoms with Crippen molar-refractivity contribution in [2.45, 2.75) is 0 Å². The zero-order chi connectivity index (χ0) is 13.0. The van der Waals surface area contributed by atoms with Gasteiger partial charge in [0.05, 0.1) is 5.56 Å². The van der Waals surface area contributed by atoms with Crippen molar-refractivity contribution in [3.05, 3.63) is 65.7 Å². The van der Waals surface area contributed by atoms with Crippen LogP contribution in [-0.2, 0) is 0 Å². The number of carboxylic acids is 1. The standard InChI is InChI=1S/C14H11NO3/c16-13(10-4-2-1-3-5-10)15-12-8-6-11(7-9-12)14(17)18/h1-9H,(H,15,16)(H,17,18). The Bertz CT molecular complexity index is 561. The summed E-state index contributed by atoms with van der Waals surface area (Å²) in [6.45, 7) is 0. The van der Waals surface area contributed by atoms with Crippen LogP contribution in [0.5, 0.6) is 0 Å². The maximum atomic E-state index is 11.8. The number of rotatable bonds is 3. The van der Waals surface area contributed by atoms with E-state index in [0.29, 0.717) is 11.3 Å². The van der Waals surface area contributed by atoms with Crippen molar-refractivity contribution in [2.24, 2.45) is 0 Å². The molecule has 0 bridgehead atoms. The van der Waals surface area contributed by atoms with Crippen LogP contribution in [0.15, 0.2) is 54.6 Å². The molecule has 4 nitrogen and oxygen atoms in total. The van der Waals surface area contributed by atoms with E-state index in [2.05, 4.69) is 5.32 Å². The number of aromatic carboxylic acids is 1. The second-order valence-corrected chi connectivity index (χ2v) is 3.70. The molecule has 2 N–H and O–H groups in total. The Morgan fingerprint density at radius 1 is 0.833 bits per heavy atom. The average Bonchev–Trinajstić information content (AvgIpc) is 2.40. The highest BCUT2D eigenvalue weighted by Gasteiger charge is 2.06. The molecular weight excluding hydrogens is 230 g/mol. The van der Waals surface area contributed by atoms with Crippen LogP contribution in [0.25, 0.3) is 0 Å². The summed E-state index contributed by atoms with van der Waals surface area (Å²) in [7, 11) is 0. The number of hydrogen-bond acceptors (Lipinski definition) is 2. The van der Waals surface area contributed by atoms with Crippen molar-refractivity contribution in [2.75, 3.05) is 5.32 Å². The summed E-state index contributed by atoms with van der Waals surface area (Å²) >= 11 is 0. The van der Waals surface area contributed by atoms with Gasteiger partial charge >= 0.3 is 5.97 Å². The summed E-state index contributed by atoms with van der Waals surface area (Å²) in [5.74, 6) is -1.21. The lowest BCUT2D eigenvalue weighted by Crippen LogP contribution is -2.11. The highest BCUT2D eigenvalue weighted by atomic mass is 16.4. The van der Waals surface area contributed by atoms with Gasteiger partial charge in [0, 0.05) is 11.3 Å². The molecule has 0 radical (unpaired) electrons. The van der Waals surface area contributed by atoms with Crippen LogP contribution < -0.4 is 5.32 Å². The summed E-state index contributed by atoms with van der Waals surface area (Å²) < 4.78 is 0. The van der Waals surface area contributed by atoms with Gasteiger partial charge in [-0.05, 0) is 36.4 Å². The maximum Gasteiger partial charge on any atom is 0.335 e. The smallest absolute Gasteiger partial charge is 0.335 e. The van der Waals surface area contributed by atoms with Crippen LogP contribution in [0.4, 0.5) is 5.69 Å². The second kappa shape index (κ2) is 5.14. The Morgan fingerprint density at radius 3 is 2.00 bits per heavy atom. The van der Waals surface area contributed by atoms with Gasteiger partial charge < -0.3 is 10.4 Å². The lowest BCUT2D eigenvalue weighted by Gasteiger charge is -2.05. The predicted octanol–water partition coefficient (Wildman–Crippen LogP) is 2.64. The molecule has 1 amide bonds. The van der Waals surface area contributed by atoms with E-state index in [0.717, 1.165) is 0 Å². The Morgan fingerprint density at radius 2 is 1.44 bits per heavy atom. The molecule has 2 aromatic carbocycles. The Kier molecular flexibility index (Phi) is 3.38. The van der Waals surface area contributed by atoms with Gasteiger partial charge in [0.25, 0.3) is 5.91 Å². The minimum absolute atomic E-state index is 0.188. The fourth-order valence-corrected chi connectivity index (χ4v) is 1.49. The van der Waals surface area contributed by atoms with E-state index in [4.69, 9.17) is 5.11 Å². The monoisotopic (exact) mass is 241 g/mol. The van der Waals surface area contributed by atoms with E-state index in [1.165, 1.54) is 12.1 Å². The molecule has 18 heavy (non-hydrogen) atoms. The highest BCUT2D eigenvalue weighted by Crippen LogP contribution is 2.11. The molecule has 0 atom stereocenters. The summed E-state index contributed by atoms with van der Waals surface area (Å²) in [6, 6.07) is 14.8. The highest BCUT2D eigenvalue weighted by molar-refractivity contribution is 6.04. The largest absolute Gasteiger partial charge is 0.478 e. The number of anilines is 1. The SMILES string of the molecule is O=C(O)c1ccc(NC(=O)c2ccccc2)cc1. The van der Waals surface area contributed by atoms with Crippen LogP contribution >= 0.6 is 0 Å². The van der Waals surface area contributed by atoms with Crippen LogP contribution in [0.1, 0.15) is 20.7 Å². The van der Waals surface area contributed by atoms with Gasteiger partial charge in [-0.15, -0.1) is 0 Å². The quantitative estimate of drug-likeness (QED) is 0.868. The minimum atomic E-state index is -0.990. The van der Waals surface area contributed by atoms with E-state index >= 15 is 0 Å². The first-order chi connectivity index (χ1) is 8.66. The number of carbonyl (C=O) groups is 2. The fourth-order valence-electron chi connectivity index (χ4n) is 1.49. The topological polar surface area (TPSA) is 66.4 Å². The molecule has 0 fully saturated rings. The molecule has 0 saturated carbocycles. The van der Waals surface area contributed by atoms with E-state index in [-0.39, 0.29) is 11.5 Å². The average molecular weight is 241 g/mol. The van der Waals surface area contributed by atoms with E-state index in [9.17, 15) is 9.59 Å². The van der Waals surface area contributed by atoms with Gasteiger partial charge in [-0.25, -0.2) is 4.79 Å². The molecule has 0 aliphatic carbocycles. The van der Waals surface area contributed by atoms with Crippen molar-refractivity contribution in [3.8, 4) is 0 Å². The molecule has 0 heterocycles. The number of amides is 1. The number of hydrogen-bond donors (Lipinski definition) is 2. The number of benzene rings is 2. The van der Waals surface area contributed by atoms with Crippen LogP contribution in [0.2, 0.25) is 0 Å². The Hall–Kier alpha value is -2.62. The molecule has 2 aromatic rings. The third-order valence-electron chi connectivity index (χ3n) is 2.43.